The van der Waals surface area contributed by atoms with Gasteiger partial charge in [0.1, 0.15) is 0 Å². The van der Waals surface area contributed by atoms with E-state index < -0.39 is 102 Å². The van der Waals surface area contributed by atoms with Crippen molar-refractivity contribution in [3.63, 3.8) is 0 Å². The average molecular weight is 990 g/mol. The number of hydrogen-bond acceptors (Lipinski definition) is 13. The van der Waals surface area contributed by atoms with Gasteiger partial charge in [-0.25, -0.2) is 0 Å². The van der Waals surface area contributed by atoms with Crippen LogP contribution in [0.4, 0.5) is 0 Å². The van der Waals surface area contributed by atoms with Crippen molar-refractivity contribution >= 4 is 102 Å². The maximum absolute atomic E-state index is 6.84. The van der Waals surface area contributed by atoms with Crippen molar-refractivity contribution < 1.29 is 45.3 Å². The molecule has 0 fully saturated rings. The molecule has 0 aromatic heterocycles. The van der Waals surface area contributed by atoms with Crippen LogP contribution in [0.2, 0.25) is 169 Å². The summed E-state index contributed by atoms with van der Waals surface area (Å²) in [6, 6.07) is 2.03. The van der Waals surface area contributed by atoms with Crippen LogP contribution in [-0.4, -0.2) is 115 Å². The molecule has 0 atom stereocenters. The highest BCUT2D eigenvalue weighted by atomic mass is 28.5. The Balaban J connectivity index is 5.58. The standard InChI is InChI=1S/C30H88N2O11Si12/c1-44(2,29-25-27-31)33-46(5,6)35-48(9,10)37-50(13,14)39-52(17,18)41-54(21,22)43-55(23,24)42-53(19,20)40-51(15,16)38-49(11,12)36-47(7,8)34-45(3,4)30-26-28-32/h25-32H2,1-24H3. The van der Waals surface area contributed by atoms with Crippen molar-refractivity contribution in [3.05, 3.63) is 0 Å². The molecule has 332 valence electrons. The minimum atomic E-state index is -2.74. The normalized spacial score (nSPS) is 15.6. The second-order valence-electron chi connectivity index (χ2n) is 20.4. The molecular weight excluding hydrogens is 901 g/mol. The molecule has 0 unspecified atom stereocenters. The summed E-state index contributed by atoms with van der Waals surface area (Å²) in [5, 5.41) is 0. The van der Waals surface area contributed by atoms with Gasteiger partial charge in [-0.1, -0.05) is 0 Å². The molecule has 25 heteroatoms. The summed E-state index contributed by atoms with van der Waals surface area (Å²) in [5.41, 5.74) is 11.6. The van der Waals surface area contributed by atoms with Gasteiger partial charge >= 0.3 is 85.6 Å². The summed E-state index contributed by atoms with van der Waals surface area (Å²) < 4.78 is 74.5. The van der Waals surface area contributed by atoms with Crippen LogP contribution in [-0.2, 0) is 45.3 Å². The van der Waals surface area contributed by atoms with Crippen molar-refractivity contribution in [2.75, 3.05) is 13.1 Å². The van der Waals surface area contributed by atoms with Gasteiger partial charge in [-0.15, -0.1) is 0 Å². The Morgan fingerprint density at radius 2 is 0.364 bits per heavy atom. The lowest BCUT2D eigenvalue weighted by atomic mass is 10.5. The summed E-state index contributed by atoms with van der Waals surface area (Å²) in [4.78, 5) is 0. The lowest BCUT2D eigenvalue weighted by Crippen LogP contribution is -2.62. The van der Waals surface area contributed by atoms with Crippen molar-refractivity contribution in [2.45, 2.75) is 182 Å². The van der Waals surface area contributed by atoms with Crippen molar-refractivity contribution in [2.24, 2.45) is 11.5 Å². The van der Waals surface area contributed by atoms with E-state index in [9.17, 15) is 0 Å². The monoisotopic (exact) mass is 988 g/mol. The van der Waals surface area contributed by atoms with Crippen LogP contribution in [0.25, 0.3) is 0 Å². The molecule has 13 nitrogen and oxygen atoms in total. The molecule has 0 rings (SSSR count). The van der Waals surface area contributed by atoms with Crippen LogP contribution >= 0.6 is 0 Å². The number of nitrogens with two attached hydrogens (primary N) is 2. The predicted molar refractivity (Wildman–Crippen MR) is 259 cm³/mol. The molecule has 0 heterocycles. The summed E-state index contributed by atoms with van der Waals surface area (Å²) >= 11 is 0. The van der Waals surface area contributed by atoms with E-state index in [1.54, 1.807) is 0 Å². The maximum atomic E-state index is 6.84. The lowest BCUT2D eigenvalue weighted by Gasteiger charge is -2.45. The van der Waals surface area contributed by atoms with Crippen LogP contribution < -0.4 is 11.5 Å². The van der Waals surface area contributed by atoms with E-state index in [4.69, 9.17) is 56.7 Å². The molecular formula is C30H88N2O11Si12. The minimum Gasteiger partial charge on any atom is -0.436 e. The second-order valence-corrected chi connectivity index (χ2v) is 65.4. The van der Waals surface area contributed by atoms with Gasteiger partial charge in [0.15, 0.2) is 16.6 Å². The first-order valence-corrected chi connectivity index (χ1v) is 54.4. The lowest BCUT2D eigenvalue weighted by molar-refractivity contribution is 0.253. The molecule has 0 bridgehead atoms. The zero-order valence-corrected chi connectivity index (χ0v) is 51.9. The molecule has 0 aliphatic heterocycles. The minimum absolute atomic E-state index is 0.676. The molecule has 0 aliphatic rings. The van der Waals surface area contributed by atoms with Gasteiger partial charge in [-0.05, 0) is 195 Å². The van der Waals surface area contributed by atoms with E-state index >= 15 is 0 Å². The van der Waals surface area contributed by atoms with Crippen molar-refractivity contribution in [1.29, 1.82) is 0 Å². The Labute approximate surface area is 352 Å². The second kappa shape index (κ2) is 20.5. The van der Waals surface area contributed by atoms with Gasteiger partial charge in [0, 0.05) is 0 Å². The first kappa shape index (κ1) is 57.1. The van der Waals surface area contributed by atoms with Gasteiger partial charge < -0.3 is 56.7 Å². The highest BCUT2D eigenvalue weighted by Crippen LogP contribution is 2.32. The largest absolute Gasteiger partial charge is 0.436 e. The number of hydrogen-bond donors (Lipinski definition) is 2. The highest BCUT2D eigenvalue weighted by molar-refractivity contribution is 6.94. The topological polar surface area (TPSA) is 154 Å². The van der Waals surface area contributed by atoms with E-state index in [0.717, 1.165) is 24.9 Å². The van der Waals surface area contributed by atoms with Crippen LogP contribution in [0.1, 0.15) is 12.8 Å². The molecule has 0 radical (unpaired) electrons. The van der Waals surface area contributed by atoms with E-state index in [1.165, 1.54) is 0 Å². The Morgan fingerprint density at radius 1 is 0.236 bits per heavy atom. The SMILES string of the molecule is C[Si](C)(CCCN)O[Si](C)(C)O[Si](C)(C)O[Si](C)(C)O[Si](C)(C)O[Si](C)(C)O[Si](C)(C)O[Si](C)(C)O[Si](C)(C)O[Si](C)(C)O[Si](C)(C)O[Si](C)(C)CCCN. The van der Waals surface area contributed by atoms with Gasteiger partial charge in [0.05, 0.1) is 0 Å². The van der Waals surface area contributed by atoms with Crippen LogP contribution in [0.3, 0.4) is 0 Å². The molecule has 0 aliphatic carbocycles. The van der Waals surface area contributed by atoms with Crippen LogP contribution in [0.5, 0.6) is 0 Å². The molecule has 4 N–H and O–H groups in total. The van der Waals surface area contributed by atoms with E-state index in [0.29, 0.717) is 13.1 Å². The predicted octanol–water partition coefficient (Wildman–Crippen LogP) is 9.29. The van der Waals surface area contributed by atoms with Crippen molar-refractivity contribution in [1.82, 2.24) is 0 Å². The zero-order valence-electron chi connectivity index (χ0n) is 39.9. The van der Waals surface area contributed by atoms with Gasteiger partial charge in [0.25, 0.3) is 0 Å². The Kier molecular flexibility index (Phi) is 21.3. The first-order valence-electron chi connectivity index (χ1n) is 20.0. The summed E-state index contributed by atoms with van der Waals surface area (Å²) in [6.45, 7) is 52.0. The summed E-state index contributed by atoms with van der Waals surface area (Å²) in [6.07, 6.45) is 1.93. The fraction of sp³-hybridized carbons (Fsp3) is 1.00. The Bertz CT molecular complexity index is 1100. The molecule has 55 heavy (non-hydrogen) atoms. The zero-order chi connectivity index (χ0) is 44.0. The molecule has 0 saturated carbocycles. The van der Waals surface area contributed by atoms with Gasteiger partial charge in [-0.3, -0.25) is 0 Å². The quantitative estimate of drug-likeness (QED) is 0.0717. The van der Waals surface area contributed by atoms with E-state index in [2.05, 4.69) is 157 Å². The molecule has 0 spiro atoms. The van der Waals surface area contributed by atoms with E-state index in [-0.39, 0.29) is 0 Å². The molecule has 0 saturated heterocycles. The van der Waals surface area contributed by atoms with E-state index in [1.807, 2.05) is 0 Å². The molecule has 0 amide bonds. The first-order chi connectivity index (χ1) is 23.9. The Morgan fingerprint density at radius 3 is 0.491 bits per heavy atom. The smallest absolute Gasteiger partial charge is 0.314 e. The van der Waals surface area contributed by atoms with Gasteiger partial charge in [-0.2, -0.15) is 0 Å². The maximum Gasteiger partial charge on any atom is 0.314 e. The third-order valence-electron chi connectivity index (χ3n) is 7.43. The summed E-state index contributed by atoms with van der Waals surface area (Å²) in [7, 11) is -30.2. The van der Waals surface area contributed by atoms with Crippen LogP contribution in [0.15, 0.2) is 0 Å². The third kappa shape index (κ3) is 26.9. The average Bonchev–Trinajstić information content (AvgIpc) is 2.77. The fourth-order valence-corrected chi connectivity index (χ4v) is 69.6. The van der Waals surface area contributed by atoms with Crippen LogP contribution in [0, 0.1) is 0 Å². The third-order valence-corrected chi connectivity index (χ3v) is 54.3. The number of rotatable bonds is 28. The molecule has 0 aromatic rings. The fourth-order valence-electron chi connectivity index (χ4n) is 8.02. The molecule has 0 aromatic carbocycles. The summed E-state index contributed by atoms with van der Waals surface area (Å²) in [5.74, 6) is 0. The highest BCUT2D eigenvalue weighted by Gasteiger charge is 2.51. The van der Waals surface area contributed by atoms with Gasteiger partial charge in [0.2, 0.25) is 0 Å². The van der Waals surface area contributed by atoms with Crippen molar-refractivity contribution in [3.8, 4) is 0 Å². The Hall–Kier alpha value is 2.08.